The van der Waals surface area contributed by atoms with Crippen molar-refractivity contribution in [1.82, 2.24) is 9.88 Å². The lowest BCUT2D eigenvalue weighted by molar-refractivity contribution is -0.0586. The van der Waals surface area contributed by atoms with Gasteiger partial charge in [-0.15, -0.1) is 0 Å². The van der Waals surface area contributed by atoms with Crippen molar-refractivity contribution < 1.29 is 14.6 Å². The van der Waals surface area contributed by atoms with Crippen LogP contribution in [0.15, 0.2) is 18.5 Å². The summed E-state index contributed by atoms with van der Waals surface area (Å²) in [5.74, 6) is -0.254. The number of pyridine rings is 1. The highest BCUT2D eigenvalue weighted by Crippen LogP contribution is 2.19. The Bertz CT molecular complexity index is 412. The van der Waals surface area contributed by atoms with Gasteiger partial charge in [-0.25, -0.2) is 0 Å². The number of carbonyl (C=O) groups is 1. The van der Waals surface area contributed by atoms with Crippen LogP contribution in [0.1, 0.15) is 24.2 Å². The second-order valence-electron chi connectivity index (χ2n) is 4.36. The van der Waals surface area contributed by atoms with Crippen LogP contribution in [0, 0.1) is 0 Å². The summed E-state index contributed by atoms with van der Waals surface area (Å²) < 4.78 is 5.56. The van der Waals surface area contributed by atoms with Crippen LogP contribution in [0.4, 0.5) is 0 Å². The summed E-state index contributed by atoms with van der Waals surface area (Å²) in [5, 5.41) is 9.60. The van der Waals surface area contributed by atoms with Crippen molar-refractivity contribution in [3.8, 4) is 5.75 Å². The zero-order chi connectivity index (χ0) is 12.4. The summed E-state index contributed by atoms with van der Waals surface area (Å²) in [4.78, 5) is 17.7. The molecule has 1 amide bonds. The number of hydrogen-bond donors (Lipinski definition) is 1. The lowest BCUT2D eigenvalue weighted by Crippen LogP contribution is -2.48. The van der Waals surface area contributed by atoms with Crippen LogP contribution in [0.2, 0.25) is 0 Å². The fourth-order valence-corrected chi connectivity index (χ4v) is 2.08. The number of nitrogens with zero attached hydrogens (tertiary/aromatic N) is 2. The maximum atomic E-state index is 12.2. The predicted molar refractivity (Wildman–Crippen MR) is 61.8 cm³/mol. The van der Waals surface area contributed by atoms with E-state index in [1.54, 1.807) is 4.90 Å². The van der Waals surface area contributed by atoms with E-state index < -0.39 is 0 Å². The van der Waals surface area contributed by atoms with Gasteiger partial charge in [0.1, 0.15) is 5.75 Å². The summed E-state index contributed by atoms with van der Waals surface area (Å²) in [6, 6.07) is 1.53. The molecule has 2 rings (SSSR count). The Morgan fingerprint density at radius 2 is 2.12 bits per heavy atom. The van der Waals surface area contributed by atoms with E-state index in [1.807, 2.05) is 13.8 Å². The van der Waals surface area contributed by atoms with Crippen LogP contribution in [0.25, 0.3) is 0 Å². The number of ether oxygens (including phenoxy) is 1. The van der Waals surface area contributed by atoms with E-state index >= 15 is 0 Å². The maximum Gasteiger partial charge on any atom is 0.257 e. The molecule has 5 nitrogen and oxygen atoms in total. The first kappa shape index (κ1) is 11.9. The lowest BCUT2D eigenvalue weighted by Gasteiger charge is -2.35. The Morgan fingerprint density at radius 3 is 2.71 bits per heavy atom. The van der Waals surface area contributed by atoms with Crippen molar-refractivity contribution in [3.05, 3.63) is 24.0 Å². The highest BCUT2D eigenvalue weighted by atomic mass is 16.5. The fourth-order valence-electron chi connectivity index (χ4n) is 2.08. The number of hydrogen-bond acceptors (Lipinski definition) is 4. The molecule has 1 N–H and O–H groups in total. The molecular weight excluding hydrogens is 220 g/mol. The fraction of sp³-hybridized carbons (Fsp3) is 0.500. The summed E-state index contributed by atoms with van der Waals surface area (Å²) in [6.07, 6.45) is 2.82. The minimum absolute atomic E-state index is 0.0201. The second kappa shape index (κ2) is 4.71. The number of carbonyl (C=O) groups excluding carboxylic acids is 1. The molecule has 0 saturated carbocycles. The molecule has 0 unspecified atom stereocenters. The van der Waals surface area contributed by atoms with Gasteiger partial charge in [-0.2, -0.15) is 0 Å². The van der Waals surface area contributed by atoms with Gasteiger partial charge in [-0.3, -0.25) is 9.78 Å². The summed E-state index contributed by atoms with van der Waals surface area (Å²) in [5.41, 5.74) is 0.293. The molecule has 0 bridgehead atoms. The molecule has 92 valence electrons. The smallest absolute Gasteiger partial charge is 0.257 e. The molecule has 1 aliphatic rings. The van der Waals surface area contributed by atoms with Gasteiger partial charge in [-0.05, 0) is 19.9 Å². The van der Waals surface area contributed by atoms with Crippen LogP contribution < -0.4 is 0 Å². The largest absolute Gasteiger partial charge is 0.505 e. The van der Waals surface area contributed by atoms with E-state index in [1.165, 1.54) is 18.5 Å². The van der Waals surface area contributed by atoms with Crippen LogP contribution >= 0.6 is 0 Å². The molecule has 5 heteroatoms. The van der Waals surface area contributed by atoms with Gasteiger partial charge in [0, 0.05) is 19.3 Å². The summed E-state index contributed by atoms with van der Waals surface area (Å²) in [7, 11) is 0. The number of amides is 1. The molecule has 2 atom stereocenters. The zero-order valence-electron chi connectivity index (χ0n) is 9.96. The summed E-state index contributed by atoms with van der Waals surface area (Å²) in [6.45, 7) is 4.96. The monoisotopic (exact) mass is 236 g/mol. The zero-order valence-corrected chi connectivity index (χ0v) is 9.96. The molecule has 0 aromatic carbocycles. The first-order chi connectivity index (χ1) is 8.08. The lowest BCUT2D eigenvalue weighted by atomic mass is 10.1. The third-order valence-corrected chi connectivity index (χ3v) is 2.74. The number of aromatic nitrogens is 1. The van der Waals surface area contributed by atoms with Crippen LogP contribution in [-0.2, 0) is 4.74 Å². The van der Waals surface area contributed by atoms with Crippen molar-refractivity contribution in [2.45, 2.75) is 26.1 Å². The van der Waals surface area contributed by atoms with Crippen molar-refractivity contribution in [1.29, 1.82) is 0 Å². The van der Waals surface area contributed by atoms with Gasteiger partial charge in [0.25, 0.3) is 5.91 Å². The second-order valence-corrected chi connectivity index (χ2v) is 4.36. The summed E-state index contributed by atoms with van der Waals surface area (Å²) >= 11 is 0. The first-order valence-electron chi connectivity index (χ1n) is 5.65. The minimum Gasteiger partial charge on any atom is -0.505 e. The van der Waals surface area contributed by atoms with Gasteiger partial charge in [0.2, 0.25) is 0 Å². The van der Waals surface area contributed by atoms with Crippen LogP contribution in [0.5, 0.6) is 5.75 Å². The van der Waals surface area contributed by atoms with Gasteiger partial charge in [-0.1, -0.05) is 0 Å². The minimum atomic E-state index is -0.174. The predicted octanol–water partition coefficient (Wildman–Crippen LogP) is 1.04. The van der Waals surface area contributed by atoms with Crippen LogP contribution in [0.3, 0.4) is 0 Å². The average molecular weight is 236 g/mol. The van der Waals surface area contributed by atoms with E-state index in [-0.39, 0.29) is 23.9 Å². The van der Waals surface area contributed by atoms with Crippen molar-refractivity contribution in [3.63, 3.8) is 0 Å². The Hall–Kier alpha value is -1.62. The van der Waals surface area contributed by atoms with E-state index in [0.29, 0.717) is 18.7 Å². The van der Waals surface area contributed by atoms with E-state index in [2.05, 4.69) is 4.98 Å². The first-order valence-corrected chi connectivity index (χ1v) is 5.65. The quantitative estimate of drug-likeness (QED) is 0.791. The number of aromatic hydroxyl groups is 1. The van der Waals surface area contributed by atoms with E-state index in [0.717, 1.165) is 0 Å². The SMILES string of the molecule is C[C@@H]1CN(C(=O)c2ccncc2O)C[C@H](C)O1. The highest BCUT2D eigenvalue weighted by molar-refractivity contribution is 5.96. The topological polar surface area (TPSA) is 62.7 Å². The van der Waals surface area contributed by atoms with Crippen molar-refractivity contribution >= 4 is 5.91 Å². The third kappa shape index (κ3) is 2.55. The Kier molecular flexibility index (Phi) is 3.28. The van der Waals surface area contributed by atoms with Gasteiger partial charge < -0.3 is 14.7 Å². The number of rotatable bonds is 1. The van der Waals surface area contributed by atoms with Gasteiger partial charge in [0.05, 0.1) is 24.0 Å². The molecule has 0 radical (unpaired) electrons. The molecule has 1 fully saturated rings. The molecule has 0 aliphatic carbocycles. The molecule has 0 spiro atoms. The molecule has 2 heterocycles. The van der Waals surface area contributed by atoms with Crippen molar-refractivity contribution in [2.24, 2.45) is 0 Å². The Morgan fingerprint density at radius 1 is 1.47 bits per heavy atom. The molecule has 1 aromatic heterocycles. The highest BCUT2D eigenvalue weighted by Gasteiger charge is 2.27. The Balaban J connectivity index is 2.17. The van der Waals surface area contributed by atoms with Gasteiger partial charge in [0.15, 0.2) is 0 Å². The molecule has 1 saturated heterocycles. The Labute approximate surface area is 100 Å². The maximum absolute atomic E-state index is 12.2. The van der Waals surface area contributed by atoms with E-state index in [4.69, 9.17) is 4.74 Å². The molecule has 1 aliphatic heterocycles. The molecular formula is C12H16N2O3. The average Bonchev–Trinajstić information content (AvgIpc) is 2.27. The third-order valence-electron chi connectivity index (χ3n) is 2.74. The van der Waals surface area contributed by atoms with Crippen molar-refractivity contribution in [2.75, 3.05) is 13.1 Å². The van der Waals surface area contributed by atoms with E-state index in [9.17, 15) is 9.90 Å². The number of morpholine rings is 1. The molecule has 1 aromatic rings. The van der Waals surface area contributed by atoms with Gasteiger partial charge >= 0.3 is 0 Å². The molecule has 17 heavy (non-hydrogen) atoms. The van der Waals surface area contributed by atoms with Crippen LogP contribution in [-0.4, -0.2) is 46.2 Å². The normalized spacial score (nSPS) is 24.7. The standard InChI is InChI=1S/C12H16N2O3/c1-8-6-14(7-9(2)17-8)12(16)10-3-4-13-5-11(10)15/h3-5,8-9,15H,6-7H2,1-2H3/t8-,9+.